The van der Waals surface area contributed by atoms with Crippen LogP contribution in [0.4, 0.5) is 13.2 Å². The monoisotopic (exact) mass is 349 g/mol. The summed E-state index contributed by atoms with van der Waals surface area (Å²) in [5, 5.41) is 14.0. The third-order valence-corrected chi connectivity index (χ3v) is 3.26. The molecule has 0 saturated heterocycles. The van der Waals surface area contributed by atoms with Crippen molar-refractivity contribution in [3.63, 3.8) is 0 Å². The lowest BCUT2D eigenvalue weighted by molar-refractivity contribution is -0.138. The minimum Gasteiger partial charge on any atom is -0.310 e. The molecule has 1 aromatic carbocycles. The van der Waals surface area contributed by atoms with Crippen molar-refractivity contribution >= 4 is 15.9 Å². The normalized spacial score (nSPS) is 11.8. The SMILES string of the molecule is CCNCc1nnnn1-c1ccc(Br)c(C(F)(F)F)c1. The van der Waals surface area contributed by atoms with Gasteiger partial charge in [0.25, 0.3) is 0 Å². The van der Waals surface area contributed by atoms with Crippen LogP contribution in [0.15, 0.2) is 22.7 Å². The van der Waals surface area contributed by atoms with Crippen molar-refractivity contribution in [2.24, 2.45) is 0 Å². The predicted molar refractivity (Wildman–Crippen MR) is 69.2 cm³/mol. The Kier molecular flexibility index (Phi) is 4.39. The van der Waals surface area contributed by atoms with Gasteiger partial charge in [0.2, 0.25) is 0 Å². The van der Waals surface area contributed by atoms with E-state index in [0.717, 1.165) is 6.07 Å². The van der Waals surface area contributed by atoms with Gasteiger partial charge in [0, 0.05) is 4.47 Å². The standard InChI is InChI=1S/C11H11BrF3N5/c1-2-16-6-10-17-18-19-20(10)7-3-4-9(12)8(5-7)11(13,14)15/h3-5,16H,2,6H2,1H3. The van der Waals surface area contributed by atoms with Gasteiger partial charge in [0.05, 0.1) is 17.8 Å². The van der Waals surface area contributed by atoms with E-state index in [-0.39, 0.29) is 10.2 Å². The lowest BCUT2D eigenvalue weighted by Gasteiger charge is -2.11. The van der Waals surface area contributed by atoms with E-state index in [1.165, 1.54) is 16.8 Å². The maximum atomic E-state index is 12.9. The van der Waals surface area contributed by atoms with E-state index in [4.69, 9.17) is 0 Å². The number of tetrazole rings is 1. The largest absolute Gasteiger partial charge is 0.417 e. The van der Waals surface area contributed by atoms with E-state index < -0.39 is 11.7 Å². The number of aromatic nitrogens is 4. The molecule has 5 nitrogen and oxygen atoms in total. The highest BCUT2D eigenvalue weighted by molar-refractivity contribution is 9.10. The van der Waals surface area contributed by atoms with Crippen molar-refractivity contribution in [1.82, 2.24) is 25.5 Å². The van der Waals surface area contributed by atoms with Gasteiger partial charge in [-0.05, 0) is 35.2 Å². The molecular formula is C11H11BrF3N5. The maximum absolute atomic E-state index is 12.9. The van der Waals surface area contributed by atoms with E-state index in [9.17, 15) is 13.2 Å². The van der Waals surface area contributed by atoms with Gasteiger partial charge in [-0.25, -0.2) is 0 Å². The summed E-state index contributed by atoms with van der Waals surface area (Å²) in [6.45, 7) is 3.00. The van der Waals surface area contributed by atoms with Crippen molar-refractivity contribution in [2.75, 3.05) is 6.54 Å². The Morgan fingerprint density at radius 3 is 2.75 bits per heavy atom. The van der Waals surface area contributed by atoms with Crippen LogP contribution in [0.25, 0.3) is 5.69 Å². The van der Waals surface area contributed by atoms with Crippen LogP contribution >= 0.6 is 15.9 Å². The molecule has 108 valence electrons. The second-order valence-electron chi connectivity index (χ2n) is 3.95. The molecule has 0 spiro atoms. The average molecular weight is 350 g/mol. The van der Waals surface area contributed by atoms with Crippen LogP contribution in [0.5, 0.6) is 0 Å². The lowest BCUT2D eigenvalue weighted by atomic mass is 10.2. The van der Waals surface area contributed by atoms with Crippen LogP contribution in [0.2, 0.25) is 0 Å². The molecule has 1 aromatic heterocycles. The van der Waals surface area contributed by atoms with Gasteiger partial charge in [-0.3, -0.25) is 0 Å². The van der Waals surface area contributed by atoms with Gasteiger partial charge >= 0.3 is 6.18 Å². The van der Waals surface area contributed by atoms with Crippen LogP contribution in [-0.2, 0) is 12.7 Å². The molecule has 2 rings (SSSR count). The quantitative estimate of drug-likeness (QED) is 0.921. The lowest BCUT2D eigenvalue weighted by Crippen LogP contribution is -2.16. The third-order valence-electron chi connectivity index (χ3n) is 2.57. The summed E-state index contributed by atoms with van der Waals surface area (Å²) in [4.78, 5) is 0. The predicted octanol–water partition coefficient (Wildman–Crippen LogP) is 2.55. The fourth-order valence-corrected chi connectivity index (χ4v) is 2.09. The summed E-state index contributed by atoms with van der Waals surface area (Å²) in [5.41, 5.74) is -0.502. The average Bonchev–Trinajstić information content (AvgIpc) is 2.84. The van der Waals surface area contributed by atoms with Gasteiger partial charge in [-0.2, -0.15) is 17.9 Å². The zero-order chi connectivity index (χ0) is 14.8. The van der Waals surface area contributed by atoms with Crippen molar-refractivity contribution in [2.45, 2.75) is 19.6 Å². The number of rotatable bonds is 4. The smallest absolute Gasteiger partial charge is 0.310 e. The Bertz CT molecular complexity index is 596. The number of halogens is 4. The molecule has 0 saturated carbocycles. The fourth-order valence-electron chi connectivity index (χ4n) is 1.62. The Balaban J connectivity index is 2.41. The van der Waals surface area contributed by atoms with Gasteiger partial charge in [0.15, 0.2) is 5.82 Å². The molecule has 0 radical (unpaired) electrons. The minimum atomic E-state index is -4.44. The maximum Gasteiger partial charge on any atom is 0.417 e. The summed E-state index contributed by atoms with van der Waals surface area (Å²) in [7, 11) is 0. The first-order chi connectivity index (χ1) is 9.43. The molecule has 1 N–H and O–H groups in total. The molecule has 0 atom stereocenters. The molecule has 1 heterocycles. The van der Waals surface area contributed by atoms with Crippen LogP contribution < -0.4 is 5.32 Å². The van der Waals surface area contributed by atoms with Crippen molar-refractivity contribution in [3.05, 3.63) is 34.1 Å². The van der Waals surface area contributed by atoms with Gasteiger partial charge < -0.3 is 5.32 Å². The summed E-state index contributed by atoms with van der Waals surface area (Å²) < 4.78 is 39.9. The van der Waals surface area contributed by atoms with Crippen LogP contribution in [-0.4, -0.2) is 26.8 Å². The first-order valence-corrected chi connectivity index (χ1v) is 6.58. The van der Waals surface area contributed by atoms with E-state index >= 15 is 0 Å². The third kappa shape index (κ3) is 3.15. The molecular weight excluding hydrogens is 339 g/mol. The second-order valence-corrected chi connectivity index (χ2v) is 4.80. The van der Waals surface area contributed by atoms with E-state index in [1.54, 1.807) is 0 Å². The van der Waals surface area contributed by atoms with Crippen LogP contribution in [0.3, 0.4) is 0 Å². The Labute approximate surface area is 121 Å². The van der Waals surface area contributed by atoms with Gasteiger partial charge in [0.1, 0.15) is 0 Å². The number of benzene rings is 1. The van der Waals surface area contributed by atoms with Gasteiger partial charge in [-0.1, -0.05) is 22.9 Å². The minimum absolute atomic E-state index is 0.0185. The summed E-state index contributed by atoms with van der Waals surface area (Å²) in [6.07, 6.45) is -4.44. The summed E-state index contributed by atoms with van der Waals surface area (Å²) in [6, 6.07) is 3.86. The zero-order valence-corrected chi connectivity index (χ0v) is 12.0. The molecule has 2 aromatic rings. The Morgan fingerprint density at radius 2 is 2.10 bits per heavy atom. The van der Waals surface area contributed by atoms with Crippen LogP contribution in [0.1, 0.15) is 18.3 Å². The number of hydrogen-bond donors (Lipinski definition) is 1. The molecule has 0 amide bonds. The number of nitrogens with one attached hydrogen (secondary N) is 1. The summed E-state index contributed by atoms with van der Waals surface area (Å²) in [5.74, 6) is 0.447. The van der Waals surface area contributed by atoms with E-state index in [1.807, 2.05) is 6.92 Å². The van der Waals surface area contributed by atoms with E-state index in [0.29, 0.717) is 18.9 Å². The van der Waals surface area contributed by atoms with E-state index in [2.05, 4.69) is 36.8 Å². The number of alkyl halides is 3. The summed E-state index contributed by atoms with van der Waals surface area (Å²) >= 11 is 2.90. The zero-order valence-electron chi connectivity index (χ0n) is 10.4. The van der Waals surface area contributed by atoms with Gasteiger partial charge in [-0.15, -0.1) is 5.10 Å². The highest BCUT2D eigenvalue weighted by Gasteiger charge is 2.33. The molecule has 0 unspecified atom stereocenters. The first kappa shape index (κ1) is 14.9. The number of hydrogen-bond acceptors (Lipinski definition) is 4. The Morgan fingerprint density at radius 1 is 1.35 bits per heavy atom. The first-order valence-electron chi connectivity index (χ1n) is 5.78. The Hall–Kier alpha value is -1.48. The highest BCUT2D eigenvalue weighted by atomic mass is 79.9. The number of nitrogens with zero attached hydrogens (tertiary/aromatic N) is 4. The van der Waals surface area contributed by atoms with Crippen LogP contribution in [0, 0.1) is 0 Å². The van der Waals surface area contributed by atoms with Crippen molar-refractivity contribution in [1.29, 1.82) is 0 Å². The highest BCUT2D eigenvalue weighted by Crippen LogP contribution is 2.35. The molecule has 0 aliphatic heterocycles. The van der Waals surface area contributed by atoms with Crippen molar-refractivity contribution in [3.8, 4) is 5.69 Å². The molecule has 0 bridgehead atoms. The second kappa shape index (κ2) is 5.88. The molecule has 9 heteroatoms. The fraction of sp³-hybridized carbons (Fsp3) is 0.364. The molecule has 0 aliphatic carbocycles. The topological polar surface area (TPSA) is 55.6 Å². The van der Waals surface area contributed by atoms with Crippen molar-refractivity contribution < 1.29 is 13.2 Å². The molecule has 0 aliphatic rings. The molecule has 0 fully saturated rings. The molecule has 20 heavy (non-hydrogen) atoms.